The van der Waals surface area contributed by atoms with Crippen molar-refractivity contribution in [2.75, 3.05) is 17.1 Å². The molecule has 0 bridgehead atoms. The Kier molecular flexibility index (Phi) is 8.31. The van der Waals surface area contributed by atoms with Gasteiger partial charge in [0.15, 0.2) is 0 Å². The number of hydrogen-bond donors (Lipinski definition) is 1. The first-order valence-corrected chi connectivity index (χ1v) is 12.4. The first kappa shape index (κ1) is 25.7. The third kappa shape index (κ3) is 7.24. The molecule has 32 heavy (non-hydrogen) atoms. The smallest absolute Gasteiger partial charge is 0.244 e. The highest BCUT2D eigenvalue weighted by Crippen LogP contribution is 2.27. The van der Waals surface area contributed by atoms with Gasteiger partial charge in [-0.15, -0.1) is 0 Å². The average Bonchev–Trinajstić information content (AvgIpc) is 2.69. The van der Waals surface area contributed by atoms with Crippen molar-refractivity contribution in [2.24, 2.45) is 0 Å². The number of carbonyl (C=O) groups excluding carboxylic acids is 2. The van der Waals surface area contributed by atoms with Crippen LogP contribution in [0, 0.1) is 0 Å². The molecule has 0 aromatic heterocycles. The molecule has 0 spiro atoms. The summed E-state index contributed by atoms with van der Waals surface area (Å²) < 4.78 is 26.0. The fourth-order valence-corrected chi connectivity index (χ4v) is 4.23. The zero-order valence-corrected chi connectivity index (χ0v) is 20.6. The molecule has 0 saturated carbocycles. The van der Waals surface area contributed by atoms with Gasteiger partial charge in [-0.25, -0.2) is 8.42 Å². The van der Waals surface area contributed by atoms with E-state index >= 15 is 0 Å². The maximum atomic E-state index is 13.4. The Hall–Kier alpha value is -2.58. The molecular formula is C23H30ClN3O4S. The molecule has 0 radical (unpaired) electrons. The van der Waals surface area contributed by atoms with Crippen LogP contribution in [0.2, 0.25) is 5.02 Å². The topological polar surface area (TPSA) is 86.8 Å². The summed E-state index contributed by atoms with van der Waals surface area (Å²) in [6.45, 7) is 6.85. The molecule has 0 saturated heterocycles. The molecule has 1 atom stereocenters. The number of rotatable bonds is 8. The van der Waals surface area contributed by atoms with Gasteiger partial charge in [0.05, 0.1) is 17.0 Å². The molecule has 1 N–H and O–H groups in total. The average molecular weight is 480 g/mol. The van der Waals surface area contributed by atoms with Gasteiger partial charge in [0.2, 0.25) is 21.8 Å². The van der Waals surface area contributed by atoms with E-state index in [0.717, 1.165) is 16.1 Å². The van der Waals surface area contributed by atoms with E-state index in [0.29, 0.717) is 0 Å². The summed E-state index contributed by atoms with van der Waals surface area (Å²) in [6.07, 6.45) is 1.01. The first-order valence-electron chi connectivity index (χ1n) is 10.2. The number of sulfonamides is 1. The summed E-state index contributed by atoms with van der Waals surface area (Å²) >= 11 is 6.21. The van der Waals surface area contributed by atoms with E-state index in [4.69, 9.17) is 11.6 Å². The van der Waals surface area contributed by atoms with Gasteiger partial charge in [-0.1, -0.05) is 54.1 Å². The summed E-state index contributed by atoms with van der Waals surface area (Å²) in [7, 11) is -3.82. The van der Waals surface area contributed by atoms with Crippen molar-refractivity contribution in [2.45, 2.75) is 45.8 Å². The zero-order chi connectivity index (χ0) is 24.1. The number of para-hydroxylation sites is 1. The molecule has 0 fully saturated rings. The fourth-order valence-electron chi connectivity index (χ4n) is 3.09. The molecule has 2 aromatic rings. The van der Waals surface area contributed by atoms with Crippen LogP contribution in [0.4, 0.5) is 5.69 Å². The van der Waals surface area contributed by atoms with Gasteiger partial charge < -0.3 is 10.2 Å². The van der Waals surface area contributed by atoms with Crippen LogP contribution >= 0.6 is 11.6 Å². The van der Waals surface area contributed by atoms with E-state index in [1.807, 2.05) is 51.1 Å². The number of nitrogens with one attached hydrogen (secondary N) is 1. The van der Waals surface area contributed by atoms with E-state index in [1.165, 1.54) is 11.0 Å². The van der Waals surface area contributed by atoms with Crippen LogP contribution in [-0.2, 0) is 26.2 Å². The molecule has 9 heteroatoms. The van der Waals surface area contributed by atoms with Crippen molar-refractivity contribution in [3.63, 3.8) is 0 Å². The van der Waals surface area contributed by atoms with Crippen molar-refractivity contribution < 1.29 is 18.0 Å². The third-order valence-corrected chi connectivity index (χ3v) is 6.11. The Labute approximate surface area is 195 Å². The lowest BCUT2D eigenvalue weighted by Gasteiger charge is -2.33. The Balaban J connectivity index is 2.39. The summed E-state index contributed by atoms with van der Waals surface area (Å²) in [5.41, 5.74) is 0.541. The number of hydrogen-bond acceptors (Lipinski definition) is 4. The highest BCUT2D eigenvalue weighted by molar-refractivity contribution is 7.92. The minimum absolute atomic E-state index is 0.151. The van der Waals surface area contributed by atoms with Crippen LogP contribution < -0.4 is 9.62 Å². The largest absolute Gasteiger partial charge is 0.350 e. The van der Waals surface area contributed by atoms with Gasteiger partial charge in [0, 0.05) is 12.1 Å². The molecule has 0 aliphatic heterocycles. The summed E-state index contributed by atoms with van der Waals surface area (Å²) in [6, 6.07) is 14.8. The molecule has 0 aliphatic carbocycles. The van der Waals surface area contributed by atoms with E-state index < -0.39 is 34.1 Å². The third-order valence-electron chi connectivity index (χ3n) is 4.66. The van der Waals surface area contributed by atoms with Crippen LogP contribution in [0.5, 0.6) is 0 Å². The second kappa shape index (κ2) is 10.4. The Morgan fingerprint density at radius 3 is 2.12 bits per heavy atom. The molecule has 7 nitrogen and oxygen atoms in total. The Morgan fingerprint density at radius 2 is 1.59 bits per heavy atom. The number of carbonyl (C=O) groups is 2. The maximum Gasteiger partial charge on any atom is 0.244 e. The van der Waals surface area contributed by atoms with E-state index in [2.05, 4.69) is 5.32 Å². The fraction of sp³-hybridized carbons (Fsp3) is 0.391. The van der Waals surface area contributed by atoms with Crippen LogP contribution in [0.25, 0.3) is 0 Å². The molecular weight excluding hydrogens is 450 g/mol. The molecule has 0 heterocycles. The van der Waals surface area contributed by atoms with Gasteiger partial charge in [-0.2, -0.15) is 0 Å². The van der Waals surface area contributed by atoms with Gasteiger partial charge >= 0.3 is 0 Å². The van der Waals surface area contributed by atoms with Gasteiger partial charge in [-0.05, 0) is 45.4 Å². The highest BCUT2D eigenvalue weighted by atomic mass is 35.5. The van der Waals surface area contributed by atoms with Crippen molar-refractivity contribution in [3.05, 3.63) is 65.2 Å². The second-order valence-electron chi connectivity index (χ2n) is 8.64. The van der Waals surface area contributed by atoms with Crippen molar-refractivity contribution >= 4 is 39.1 Å². The maximum absolute atomic E-state index is 13.4. The van der Waals surface area contributed by atoms with Crippen molar-refractivity contribution in [3.8, 4) is 0 Å². The number of amides is 2. The zero-order valence-electron chi connectivity index (χ0n) is 19.0. The van der Waals surface area contributed by atoms with E-state index in [1.54, 1.807) is 25.1 Å². The standard InChI is InChI=1S/C23H30ClN3O4S/c1-17(22(29)25-23(2,3)4)26(15-18-11-7-6-8-12-18)21(28)16-27(32(5,30)31)20-14-10-9-13-19(20)24/h6-14,17H,15-16H2,1-5H3,(H,25,29)/t17-/m1/s1. The normalized spacial score (nSPS) is 12.7. The predicted octanol–water partition coefficient (Wildman–Crippen LogP) is 3.44. The lowest BCUT2D eigenvalue weighted by Crippen LogP contribution is -2.54. The van der Waals surface area contributed by atoms with Crippen LogP contribution in [0.15, 0.2) is 54.6 Å². The molecule has 0 unspecified atom stereocenters. The molecule has 2 aromatic carbocycles. The highest BCUT2D eigenvalue weighted by Gasteiger charge is 2.31. The van der Waals surface area contributed by atoms with Crippen LogP contribution in [0.3, 0.4) is 0 Å². The van der Waals surface area contributed by atoms with E-state index in [-0.39, 0.29) is 23.2 Å². The number of nitrogens with zero attached hydrogens (tertiary/aromatic N) is 2. The van der Waals surface area contributed by atoms with Gasteiger partial charge in [0.1, 0.15) is 12.6 Å². The second-order valence-corrected chi connectivity index (χ2v) is 11.0. The van der Waals surface area contributed by atoms with Gasteiger partial charge in [-0.3, -0.25) is 13.9 Å². The van der Waals surface area contributed by atoms with E-state index in [9.17, 15) is 18.0 Å². The summed E-state index contributed by atoms with van der Waals surface area (Å²) in [4.78, 5) is 27.6. The Bertz CT molecular complexity index is 1050. The summed E-state index contributed by atoms with van der Waals surface area (Å²) in [5, 5.41) is 3.09. The monoisotopic (exact) mass is 479 g/mol. The summed E-state index contributed by atoms with van der Waals surface area (Å²) in [5.74, 6) is -0.846. The quantitative estimate of drug-likeness (QED) is 0.628. The van der Waals surface area contributed by atoms with Crippen LogP contribution in [-0.4, -0.2) is 49.5 Å². The SMILES string of the molecule is C[C@H](C(=O)NC(C)(C)C)N(Cc1ccccc1)C(=O)CN(c1ccccc1Cl)S(C)(=O)=O. The van der Waals surface area contributed by atoms with Crippen molar-refractivity contribution in [1.82, 2.24) is 10.2 Å². The number of halogens is 1. The molecule has 174 valence electrons. The lowest BCUT2D eigenvalue weighted by atomic mass is 10.1. The predicted molar refractivity (Wildman–Crippen MR) is 128 cm³/mol. The van der Waals surface area contributed by atoms with Crippen molar-refractivity contribution in [1.29, 1.82) is 0 Å². The van der Waals surface area contributed by atoms with Gasteiger partial charge in [0.25, 0.3) is 0 Å². The Morgan fingerprint density at radius 1 is 1.03 bits per heavy atom. The number of benzene rings is 2. The molecule has 2 amide bonds. The molecule has 0 aliphatic rings. The number of anilines is 1. The first-order chi connectivity index (χ1) is 14.8. The lowest BCUT2D eigenvalue weighted by molar-refractivity contribution is -0.140. The molecule has 2 rings (SSSR count). The minimum atomic E-state index is -3.82. The minimum Gasteiger partial charge on any atom is -0.350 e. The van der Waals surface area contributed by atoms with Crippen LogP contribution in [0.1, 0.15) is 33.3 Å².